The Bertz CT molecular complexity index is 748. The van der Waals surface area contributed by atoms with E-state index in [2.05, 4.69) is 10.1 Å². The van der Waals surface area contributed by atoms with E-state index >= 15 is 0 Å². The van der Waals surface area contributed by atoms with Crippen LogP contribution in [0.25, 0.3) is 11.4 Å². The van der Waals surface area contributed by atoms with Gasteiger partial charge in [0.2, 0.25) is 11.7 Å². The van der Waals surface area contributed by atoms with Crippen LogP contribution in [0.1, 0.15) is 29.9 Å². The van der Waals surface area contributed by atoms with Crippen LogP contribution in [0.2, 0.25) is 0 Å². The van der Waals surface area contributed by atoms with Gasteiger partial charge in [0.25, 0.3) is 0 Å². The monoisotopic (exact) mass is 282 g/mol. The minimum atomic E-state index is 0.267. The summed E-state index contributed by atoms with van der Waals surface area (Å²) in [7, 11) is 1.64. The summed E-state index contributed by atoms with van der Waals surface area (Å²) in [5, 5.41) is 4.07. The van der Waals surface area contributed by atoms with Crippen molar-refractivity contribution in [3.05, 3.63) is 54.3 Å². The first kappa shape index (κ1) is 12.2. The second kappa shape index (κ2) is 4.77. The zero-order valence-electron chi connectivity index (χ0n) is 11.5. The van der Waals surface area contributed by atoms with Crippen LogP contribution >= 0.6 is 0 Å². The molecule has 0 aliphatic heterocycles. The van der Waals surface area contributed by atoms with Gasteiger partial charge in [-0.15, -0.1) is 0 Å². The molecule has 0 bridgehead atoms. The minimum absolute atomic E-state index is 0.267. The van der Waals surface area contributed by atoms with Crippen LogP contribution in [0.15, 0.2) is 51.6 Å². The van der Waals surface area contributed by atoms with E-state index in [0.717, 1.165) is 23.5 Å². The molecule has 106 valence electrons. The van der Waals surface area contributed by atoms with Gasteiger partial charge < -0.3 is 13.7 Å². The number of rotatable bonds is 4. The van der Waals surface area contributed by atoms with Gasteiger partial charge >= 0.3 is 0 Å². The molecular formula is C16H14N2O3. The molecule has 2 atom stereocenters. The SMILES string of the molecule is COc1cccc(-c2noc([C@H]3C[C@H]3c3ccco3)n2)c1. The van der Waals surface area contributed by atoms with Gasteiger partial charge in [0.1, 0.15) is 11.5 Å². The van der Waals surface area contributed by atoms with Gasteiger partial charge in [-0.3, -0.25) is 0 Å². The Hall–Kier alpha value is -2.56. The summed E-state index contributed by atoms with van der Waals surface area (Å²) >= 11 is 0. The fraction of sp³-hybridized carbons (Fsp3) is 0.250. The first-order valence-electron chi connectivity index (χ1n) is 6.86. The molecule has 1 fully saturated rings. The number of hydrogen-bond donors (Lipinski definition) is 0. The number of benzene rings is 1. The second-order valence-electron chi connectivity index (χ2n) is 5.15. The molecule has 1 aliphatic rings. The third kappa shape index (κ3) is 2.20. The lowest BCUT2D eigenvalue weighted by Crippen LogP contribution is -1.86. The Kier molecular flexibility index (Phi) is 2.77. The molecular weight excluding hydrogens is 268 g/mol. The molecule has 0 amide bonds. The topological polar surface area (TPSA) is 61.3 Å². The van der Waals surface area contributed by atoms with Gasteiger partial charge in [0, 0.05) is 17.4 Å². The molecule has 2 heterocycles. The lowest BCUT2D eigenvalue weighted by atomic mass is 10.2. The number of nitrogens with zero attached hydrogens (tertiary/aromatic N) is 2. The van der Waals surface area contributed by atoms with Gasteiger partial charge in [-0.25, -0.2) is 0 Å². The zero-order chi connectivity index (χ0) is 14.2. The van der Waals surface area contributed by atoms with Crippen LogP contribution in [0.5, 0.6) is 5.75 Å². The van der Waals surface area contributed by atoms with Crippen LogP contribution in [-0.4, -0.2) is 17.3 Å². The first-order chi connectivity index (χ1) is 10.3. The van der Waals surface area contributed by atoms with Gasteiger partial charge in [-0.1, -0.05) is 17.3 Å². The second-order valence-corrected chi connectivity index (χ2v) is 5.15. The Morgan fingerprint density at radius 1 is 1.19 bits per heavy atom. The third-order valence-electron chi connectivity index (χ3n) is 3.79. The lowest BCUT2D eigenvalue weighted by Gasteiger charge is -1.99. The van der Waals surface area contributed by atoms with Crippen molar-refractivity contribution in [3.63, 3.8) is 0 Å². The summed E-state index contributed by atoms with van der Waals surface area (Å²) in [6.45, 7) is 0. The van der Waals surface area contributed by atoms with Crippen molar-refractivity contribution in [2.24, 2.45) is 0 Å². The predicted octanol–water partition coefficient (Wildman–Crippen LogP) is 3.61. The Labute approximate surface area is 121 Å². The highest BCUT2D eigenvalue weighted by Crippen LogP contribution is 2.54. The summed E-state index contributed by atoms with van der Waals surface area (Å²) in [5.41, 5.74) is 0.888. The maximum Gasteiger partial charge on any atom is 0.230 e. The highest BCUT2D eigenvalue weighted by Gasteiger charge is 2.45. The van der Waals surface area contributed by atoms with Crippen molar-refractivity contribution < 1.29 is 13.7 Å². The molecule has 0 unspecified atom stereocenters. The molecule has 21 heavy (non-hydrogen) atoms. The van der Waals surface area contributed by atoms with Crippen LogP contribution < -0.4 is 4.74 Å². The highest BCUT2D eigenvalue weighted by atomic mass is 16.5. The van der Waals surface area contributed by atoms with Gasteiger partial charge in [-0.05, 0) is 30.7 Å². The fourth-order valence-electron chi connectivity index (χ4n) is 2.55. The molecule has 3 aromatic rings. The van der Waals surface area contributed by atoms with Gasteiger partial charge in [-0.2, -0.15) is 4.98 Å². The molecule has 1 aromatic carbocycles. The molecule has 0 radical (unpaired) electrons. The Balaban J connectivity index is 1.56. The summed E-state index contributed by atoms with van der Waals surface area (Å²) in [6, 6.07) is 11.5. The quantitative estimate of drug-likeness (QED) is 0.731. The predicted molar refractivity (Wildman–Crippen MR) is 75.1 cm³/mol. The van der Waals surface area contributed by atoms with Crippen molar-refractivity contribution >= 4 is 0 Å². The molecule has 2 aromatic heterocycles. The van der Waals surface area contributed by atoms with Crippen molar-refractivity contribution in [1.82, 2.24) is 10.1 Å². The Morgan fingerprint density at radius 3 is 2.95 bits per heavy atom. The van der Waals surface area contributed by atoms with Crippen LogP contribution in [0.3, 0.4) is 0 Å². The molecule has 4 rings (SSSR count). The minimum Gasteiger partial charge on any atom is -0.497 e. The van der Waals surface area contributed by atoms with Gasteiger partial charge in [0.05, 0.1) is 13.4 Å². The van der Waals surface area contributed by atoms with Crippen molar-refractivity contribution in [2.45, 2.75) is 18.3 Å². The molecule has 5 heteroatoms. The van der Waals surface area contributed by atoms with E-state index in [1.54, 1.807) is 13.4 Å². The number of hydrogen-bond acceptors (Lipinski definition) is 5. The van der Waals surface area contributed by atoms with Crippen LogP contribution in [0.4, 0.5) is 0 Å². The summed E-state index contributed by atoms with van der Waals surface area (Å²) < 4.78 is 16.0. The molecule has 5 nitrogen and oxygen atoms in total. The molecule has 1 aliphatic carbocycles. The summed E-state index contributed by atoms with van der Waals surface area (Å²) in [5.74, 6) is 3.66. The molecule has 1 saturated carbocycles. The molecule has 0 N–H and O–H groups in total. The number of furan rings is 1. The third-order valence-corrected chi connectivity index (χ3v) is 3.79. The number of methoxy groups -OCH3 is 1. The normalized spacial score (nSPS) is 20.4. The van der Waals surface area contributed by atoms with E-state index in [1.807, 2.05) is 36.4 Å². The Morgan fingerprint density at radius 2 is 2.14 bits per heavy atom. The van der Waals surface area contributed by atoms with Crippen LogP contribution in [-0.2, 0) is 0 Å². The number of ether oxygens (including phenoxy) is 1. The molecule has 0 spiro atoms. The first-order valence-corrected chi connectivity index (χ1v) is 6.86. The average molecular weight is 282 g/mol. The van der Waals surface area contributed by atoms with Crippen molar-refractivity contribution in [1.29, 1.82) is 0 Å². The van der Waals surface area contributed by atoms with Crippen molar-refractivity contribution in [3.8, 4) is 17.1 Å². The van der Waals surface area contributed by atoms with E-state index in [1.165, 1.54) is 0 Å². The standard InChI is InChI=1S/C16H14N2O3/c1-19-11-5-2-4-10(8-11)15-17-16(21-18-15)13-9-12(13)14-6-3-7-20-14/h2-8,12-13H,9H2,1H3/t12-,13+/m1/s1. The maximum absolute atomic E-state index is 5.42. The van der Waals surface area contributed by atoms with E-state index in [4.69, 9.17) is 13.7 Å². The summed E-state index contributed by atoms with van der Waals surface area (Å²) in [4.78, 5) is 4.50. The van der Waals surface area contributed by atoms with Crippen LogP contribution in [0, 0.1) is 0 Å². The fourth-order valence-corrected chi connectivity index (χ4v) is 2.55. The maximum atomic E-state index is 5.42. The van der Waals surface area contributed by atoms with E-state index in [-0.39, 0.29) is 5.92 Å². The average Bonchev–Trinajstić information content (AvgIpc) is 2.97. The molecule has 0 saturated heterocycles. The zero-order valence-corrected chi connectivity index (χ0v) is 11.5. The largest absolute Gasteiger partial charge is 0.497 e. The summed E-state index contributed by atoms with van der Waals surface area (Å²) in [6.07, 6.45) is 2.69. The van der Waals surface area contributed by atoms with Gasteiger partial charge in [0.15, 0.2) is 0 Å². The van der Waals surface area contributed by atoms with E-state index in [9.17, 15) is 0 Å². The van der Waals surface area contributed by atoms with E-state index < -0.39 is 0 Å². The smallest absolute Gasteiger partial charge is 0.230 e. The van der Waals surface area contributed by atoms with Crippen molar-refractivity contribution in [2.75, 3.05) is 7.11 Å². The highest BCUT2D eigenvalue weighted by molar-refractivity contribution is 5.57. The van der Waals surface area contributed by atoms with E-state index in [0.29, 0.717) is 17.6 Å². The number of aromatic nitrogens is 2. The lowest BCUT2D eigenvalue weighted by molar-refractivity contribution is 0.376.